The first-order chi connectivity index (χ1) is 10.2. The van der Waals surface area contributed by atoms with E-state index in [-0.39, 0.29) is 25.1 Å². The van der Waals surface area contributed by atoms with Gasteiger partial charge in [0.05, 0.1) is 6.04 Å². The topological polar surface area (TPSA) is 58.4 Å². The van der Waals surface area contributed by atoms with E-state index in [9.17, 15) is 9.90 Å². The van der Waals surface area contributed by atoms with E-state index in [2.05, 4.69) is 23.4 Å². The molecule has 0 bridgehead atoms. The molecule has 5 nitrogen and oxygen atoms in total. The van der Waals surface area contributed by atoms with Crippen molar-refractivity contribution in [2.24, 2.45) is 0 Å². The Labute approximate surface area is 127 Å². The lowest BCUT2D eigenvalue weighted by atomic mass is 9.98. The summed E-state index contributed by atoms with van der Waals surface area (Å²) >= 11 is 1.78. The summed E-state index contributed by atoms with van der Waals surface area (Å²) in [5, 5.41) is 11.3. The molecule has 2 aromatic rings. The van der Waals surface area contributed by atoms with Gasteiger partial charge < -0.3 is 14.6 Å². The first-order valence-electron chi connectivity index (χ1n) is 7.21. The molecule has 3 heterocycles. The molecular formula is C15H19N3O2S. The Balaban J connectivity index is 1.79. The van der Waals surface area contributed by atoms with E-state index in [1.165, 1.54) is 10.4 Å². The van der Waals surface area contributed by atoms with Gasteiger partial charge in [-0.2, -0.15) is 0 Å². The van der Waals surface area contributed by atoms with Gasteiger partial charge >= 0.3 is 0 Å². The fraction of sp³-hybridized carbons (Fsp3) is 0.467. The van der Waals surface area contributed by atoms with E-state index < -0.39 is 0 Å². The van der Waals surface area contributed by atoms with Crippen molar-refractivity contribution in [3.05, 3.63) is 40.1 Å². The Kier molecular flexibility index (Phi) is 4.07. The van der Waals surface area contributed by atoms with Crippen LogP contribution in [0.4, 0.5) is 0 Å². The third-order valence-electron chi connectivity index (χ3n) is 4.05. The highest BCUT2D eigenvalue weighted by Crippen LogP contribution is 2.35. The monoisotopic (exact) mass is 305 g/mol. The number of rotatable bonds is 4. The van der Waals surface area contributed by atoms with Crippen LogP contribution < -0.4 is 0 Å². The molecule has 21 heavy (non-hydrogen) atoms. The maximum atomic E-state index is 12.6. The molecule has 2 aromatic heterocycles. The fourth-order valence-electron chi connectivity index (χ4n) is 3.01. The highest BCUT2D eigenvalue weighted by molar-refractivity contribution is 7.10. The maximum Gasteiger partial charge on any atom is 0.243 e. The Morgan fingerprint density at radius 1 is 1.57 bits per heavy atom. The summed E-state index contributed by atoms with van der Waals surface area (Å²) in [6.45, 7) is 2.99. The minimum Gasteiger partial charge on any atom is -0.388 e. The summed E-state index contributed by atoms with van der Waals surface area (Å²) in [5.74, 6) is 0.621. The number of imidazole rings is 1. The van der Waals surface area contributed by atoms with Gasteiger partial charge in [-0.15, -0.1) is 11.3 Å². The van der Waals surface area contributed by atoms with Crippen molar-refractivity contribution < 1.29 is 9.90 Å². The molecule has 0 radical (unpaired) electrons. The molecule has 112 valence electrons. The van der Waals surface area contributed by atoms with E-state index in [0.29, 0.717) is 5.82 Å². The van der Waals surface area contributed by atoms with Gasteiger partial charge in [0.15, 0.2) is 0 Å². The van der Waals surface area contributed by atoms with Crippen molar-refractivity contribution >= 4 is 17.2 Å². The molecule has 0 aliphatic carbocycles. The highest BCUT2D eigenvalue weighted by Gasteiger charge is 2.30. The Bertz CT molecular complexity index is 634. The predicted molar refractivity (Wildman–Crippen MR) is 80.9 cm³/mol. The third kappa shape index (κ3) is 2.61. The van der Waals surface area contributed by atoms with Gasteiger partial charge in [0.25, 0.3) is 0 Å². The second-order valence-electron chi connectivity index (χ2n) is 5.19. The quantitative estimate of drug-likeness (QED) is 0.939. The predicted octanol–water partition coefficient (Wildman–Crippen LogP) is 1.97. The molecular weight excluding hydrogens is 286 g/mol. The zero-order valence-corrected chi connectivity index (χ0v) is 12.8. The summed E-state index contributed by atoms with van der Waals surface area (Å²) in [4.78, 5) is 20.1. The summed E-state index contributed by atoms with van der Waals surface area (Å²) in [7, 11) is 0. The van der Waals surface area contributed by atoms with Gasteiger partial charge in [0, 0.05) is 23.8 Å². The summed E-state index contributed by atoms with van der Waals surface area (Å²) < 4.78 is 1.72. The van der Waals surface area contributed by atoms with E-state index in [1.54, 1.807) is 28.3 Å². The second kappa shape index (κ2) is 5.99. The maximum absolute atomic E-state index is 12.6. The molecule has 0 saturated heterocycles. The van der Waals surface area contributed by atoms with E-state index >= 15 is 0 Å². The minimum atomic E-state index is -0.147. The summed E-state index contributed by atoms with van der Waals surface area (Å²) in [5.41, 5.74) is 1.30. The molecule has 0 saturated carbocycles. The number of thiophene rings is 1. The van der Waals surface area contributed by atoms with Crippen molar-refractivity contribution in [1.82, 2.24) is 14.5 Å². The molecule has 1 amide bonds. The number of amides is 1. The number of nitrogens with zero attached hydrogens (tertiary/aromatic N) is 3. The molecule has 1 unspecified atom stereocenters. The lowest BCUT2D eigenvalue weighted by Gasteiger charge is -2.35. The molecule has 0 spiro atoms. The van der Waals surface area contributed by atoms with Gasteiger partial charge in [-0.3, -0.25) is 4.79 Å². The molecule has 1 N–H and O–H groups in total. The van der Waals surface area contributed by atoms with Crippen LogP contribution in [0, 0.1) is 0 Å². The fourth-order valence-corrected chi connectivity index (χ4v) is 3.94. The van der Waals surface area contributed by atoms with Crippen LogP contribution in [0.15, 0.2) is 23.8 Å². The molecule has 0 aromatic carbocycles. The number of aromatic nitrogens is 2. The number of fused-ring (bicyclic) bond motifs is 1. The van der Waals surface area contributed by atoms with E-state index in [1.807, 2.05) is 4.90 Å². The number of carbonyl (C=O) groups excluding carboxylic acids is 1. The normalized spacial score (nSPS) is 17.8. The number of hydrogen-bond donors (Lipinski definition) is 1. The Hall–Kier alpha value is -1.66. The SMILES string of the molecule is CCC1c2ccsc2CCN1C(=O)Cn1ccnc1CO. The largest absolute Gasteiger partial charge is 0.388 e. The van der Waals surface area contributed by atoms with Crippen molar-refractivity contribution in [2.75, 3.05) is 6.54 Å². The van der Waals surface area contributed by atoms with Crippen LogP contribution in [0.5, 0.6) is 0 Å². The standard InChI is InChI=1S/C15H19N3O2S/c1-2-12-11-4-8-21-13(11)3-6-18(12)15(20)9-17-7-5-16-14(17)10-19/h4-5,7-8,12,19H,2-3,6,9-10H2,1H3. The molecule has 3 rings (SSSR count). The van der Waals surface area contributed by atoms with Gasteiger partial charge in [-0.1, -0.05) is 6.92 Å². The number of carbonyl (C=O) groups is 1. The van der Waals surface area contributed by atoms with E-state index in [4.69, 9.17) is 0 Å². The molecule has 1 aliphatic rings. The van der Waals surface area contributed by atoms with Crippen LogP contribution in [0.25, 0.3) is 0 Å². The molecule has 1 atom stereocenters. The van der Waals surface area contributed by atoms with Crippen LogP contribution in [0.3, 0.4) is 0 Å². The average Bonchev–Trinajstić information content (AvgIpc) is 3.14. The smallest absolute Gasteiger partial charge is 0.243 e. The van der Waals surface area contributed by atoms with Crippen molar-refractivity contribution in [3.63, 3.8) is 0 Å². The first kappa shape index (κ1) is 14.3. The Morgan fingerprint density at radius 3 is 3.19 bits per heavy atom. The summed E-state index contributed by atoms with van der Waals surface area (Å²) in [6, 6.07) is 2.32. The average molecular weight is 305 g/mol. The van der Waals surface area contributed by atoms with Crippen LogP contribution in [0.1, 0.15) is 35.7 Å². The van der Waals surface area contributed by atoms with Crippen molar-refractivity contribution in [1.29, 1.82) is 0 Å². The van der Waals surface area contributed by atoms with Crippen LogP contribution in [-0.2, 0) is 24.4 Å². The molecule has 1 aliphatic heterocycles. The van der Waals surface area contributed by atoms with Crippen LogP contribution in [-0.4, -0.2) is 32.0 Å². The first-order valence-corrected chi connectivity index (χ1v) is 8.09. The summed E-state index contributed by atoms with van der Waals surface area (Å²) in [6.07, 6.45) is 5.21. The number of hydrogen-bond acceptors (Lipinski definition) is 4. The van der Waals surface area contributed by atoms with E-state index in [0.717, 1.165) is 19.4 Å². The third-order valence-corrected chi connectivity index (χ3v) is 5.05. The minimum absolute atomic E-state index is 0.0893. The van der Waals surface area contributed by atoms with Gasteiger partial charge in [-0.25, -0.2) is 4.98 Å². The zero-order valence-electron chi connectivity index (χ0n) is 12.0. The second-order valence-corrected chi connectivity index (χ2v) is 6.19. The van der Waals surface area contributed by atoms with Crippen molar-refractivity contribution in [2.45, 2.75) is 39.0 Å². The Morgan fingerprint density at radius 2 is 2.43 bits per heavy atom. The number of aliphatic hydroxyl groups is 1. The lowest BCUT2D eigenvalue weighted by molar-refractivity contribution is -0.134. The van der Waals surface area contributed by atoms with Gasteiger partial charge in [-0.05, 0) is 29.9 Å². The van der Waals surface area contributed by atoms with Gasteiger partial charge in [0.1, 0.15) is 19.0 Å². The van der Waals surface area contributed by atoms with Gasteiger partial charge in [0.2, 0.25) is 5.91 Å². The van der Waals surface area contributed by atoms with Crippen LogP contribution in [0.2, 0.25) is 0 Å². The van der Waals surface area contributed by atoms with Crippen molar-refractivity contribution in [3.8, 4) is 0 Å². The number of aliphatic hydroxyl groups excluding tert-OH is 1. The van der Waals surface area contributed by atoms with Crippen LogP contribution >= 0.6 is 11.3 Å². The lowest BCUT2D eigenvalue weighted by Crippen LogP contribution is -2.41. The zero-order chi connectivity index (χ0) is 14.8. The molecule has 6 heteroatoms. The highest BCUT2D eigenvalue weighted by atomic mass is 32.1. The molecule has 0 fully saturated rings.